The van der Waals surface area contributed by atoms with Crippen LogP contribution >= 0.6 is 11.3 Å². The molecule has 8 heteroatoms. The summed E-state index contributed by atoms with van der Waals surface area (Å²) < 4.78 is 27.7. The number of rotatable bonds is 6. The standard InChI is InChI=1S/C14H16N2O4S2/c1-2-20-11-5-3-10(4-6-11)14(17)16-9-12-7-8-13(21-12)22(15,18)19/h3-8H,2,9H2,1H3,(H,16,17)(H2,15,18,19). The lowest BCUT2D eigenvalue weighted by atomic mass is 10.2. The van der Waals surface area contributed by atoms with Crippen LogP contribution in [-0.4, -0.2) is 20.9 Å². The average Bonchev–Trinajstić information content (AvgIpc) is 2.95. The normalized spacial score (nSPS) is 11.2. The minimum Gasteiger partial charge on any atom is -0.494 e. The quantitative estimate of drug-likeness (QED) is 0.836. The number of thiophene rings is 1. The lowest BCUT2D eigenvalue weighted by molar-refractivity contribution is 0.0951. The van der Waals surface area contributed by atoms with Crippen LogP contribution in [0.15, 0.2) is 40.6 Å². The van der Waals surface area contributed by atoms with Gasteiger partial charge >= 0.3 is 0 Å². The zero-order valence-corrected chi connectivity index (χ0v) is 13.5. The molecule has 1 aromatic heterocycles. The van der Waals surface area contributed by atoms with Crippen LogP contribution in [0.4, 0.5) is 0 Å². The molecule has 118 valence electrons. The summed E-state index contributed by atoms with van der Waals surface area (Å²) in [7, 11) is -3.69. The van der Waals surface area contributed by atoms with E-state index in [-0.39, 0.29) is 16.7 Å². The summed E-state index contributed by atoms with van der Waals surface area (Å²) in [5.74, 6) is 0.462. The fourth-order valence-corrected chi connectivity index (χ4v) is 3.46. The number of carbonyl (C=O) groups is 1. The van der Waals surface area contributed by atoms with Gasteiger partial charge in [0.1, 0.15) is 9.96 Å². The number of nitrogens with two attached hydrogens (primary N) is 1. The van der Waals surface area contributed by atoms with E-state index in [1.54, 1.807) is 30.3 Å². The van der Waals surface area contributed by atoms with E-state index in [2.05, 4.69) is 5.32 Å². The zero-order valence-electron chi connectivity index (χ0n) is 11.9. The van der Waals surface area contributed by atoms with Crippen molar-refractivity contribution >= 4 is 27.3 Å². The second kappa shape index (κ2) is 6.91. The number of benzene rings is 1. The fourth-order valence-electron chi connectivity index (χ4n) is 1.74. The average molecular weight is 340 g/mol. The molecular weight excluding hydrogens is 324 g/mol. The van der Waals surface area contributed by atoms with Crippen LogP contribution in [0.1, 0.15) is 22.2 Å². The maximum Gasteiger partial charge on any atom is 0.251 e. The first-order valence-electron chi connectivity index (χ1n) is 6.52. The number of ether oxygens (including phenoxy) is 1. The molecule has 0 aliphatic rings. The van der Waals surface area contributed by atoms with Crippen molar-refractivity contribution in [3.63, 3.8) is 0 Å². The number of sulfonamides is 1. The molecule has 0 atom stereocenters. The highest BCUT2D eigenvalue weighted by molar-refractivity contribution is 7.91. The monoisotopic (exact) mass is 340 g/mol. The summed E-state index contributed by atoms with van der Waals surface area (Å²) >= 11 is 1.04. The Kier molecular flexibility index (Phi) is 5.17. The van der Waals surface area contributed by atoms with Gasteiger partial charge in [0.25, 0.3) is 5.91 Å². The van der Waals surface area contributed by atoms with E-state index >= 15 is 0 Å². The highest BCUT2D eigenvalue weighted by atomic mass is 32.2. The number of primary sulfonamides is 1. The van der Waals surface area contributed by atoms with Crippen molar-refractivity contribution < 1.29 is 17.9 Å². The van der Waals surface area contributed by atoms with Gasteiger partial charge in [-0.25, -0.2) is 13.6 Å². The van der Waals surface area contributed by atoms with Gasteiger partial charge < -0.3 is 10.1 Å². The third kappa shape index (κ3) is 4.30. The molecule has 0 spiro atoms. The minimum atomic E-state index is -3.69. The molecule has 0 fully saturated rings. The molecule has 2 aromatic rings. The van der Waals surface area contributed by atoms with Crippen LogP contribution in [0.25, 0.3) is 0 Å². The summed E-state index contributed by atoms with van der Waals surface area (Å²) in [4.78, 5) is 12.7. The number of nitrogens with one attached hydrogen (secondary N) is 1. The Hall–Kier alpha value is -1.90. The Morgan fingerprint density at radius 2 is 1.91 bits per heavy atom. The number of amides is 1. The molecule has 0 aliphatic carbocycles. The largest absolute Gasteiger partial charge is 0.494 e. The van der Waals surface area contributed by atoms with E-state index in [1.165, 1.54) is 6.07 Å². The zero-order chi connectivity index (χ0) is 16.2. The van der Waals surface area contributed by atoms with Crippen molar-refractivity contribution in [3.05, 3.63) is 46.8 Å². The summed E-state index contributed by atoms with van der Waals surface area (Å²) in [6, 6.07) is 9.85. The van der Waals surface area contributed by atoms with Gasteiger partial charge in [-0.05, 0) is 43.3 Å². The van der Waals surface area contributed by atoms with Gasteiger partial charge in [0.2, 0.25) is 10.0 Å². The highest BCUT2D eigenvalue weighted by Crippen LogP contribution is 2.20. The second-order valence-electron chi connectivity index (χ2n) is 4.41. The van der Waals surface area contributed by atoms with Crippen LogP contribution in [0.2, 0.25) is 0 Å². The predicted molar refractivity (Wildman–Crippen MR) is 84.5 cm³/mol. The lowest BCUT2D eigenvalue weighted by Gasteiger charge is -2.06. The molecule has 1 heterocycles. The van der Waals surface area contributed by atoms with E-state index < -0.39 is 10.0 Å². The molecule has 0 unspecified atom stereocenters. The Labute approximate surface area is 133 Å². The van der Waals surface area contributed by atoms with Crippen LogP contribution in [0.5, 0.6) is 5.75 Å². The van der Waals surface area contributed by atoms with Crippen LogP contribution in [-0.2, 0) is 16.6 Å². The van der Waals surface area contributed by atoms with Gasteiger partial charge in [0.15, 0.2) is 0 Å². The number of hydrogen-bond acceptors (Lipinski definition) is 5. The van der Waals surface area contributed by atoms with E-state index in [0.29, 0.717) is 22.8 Å². The van der Waals surface area contributed by atoms with E-state index in [9.17, 15) is 13.2 Å². The van der Waals surface area contributed by atoms with Crippen molar-refractivity contribution in [2.75, 3.05) is 6.61 Å². The first-order valence-corrected chi connectivity index (χ1v) is 8.89. The highest BCUT2D eigenvalue weighted by Gasteiger charge is 2.12. The van der Waals surface area contributed by atoms with Crippen LogP contribution in [0.3, 0.4) is 0 Å². The van der Waals surface area contributed by atoms with Gasteiger partial charge in [-0.3, -0.25) is 4.79 Å². The van der Waals surface area contributed by atoms with E-state index in [4.69, 9.17) is 9.88 Å². The molecule has 2 rings (SSSR count). The molecular formula is C14H16N2O4S2. The van der Waals surface area contributed by atoms with E-state index in [0.717, 1.165) is 11.3 Å². The third-order valence-electron chi connectivity index (χ3n) is 2.77. The van der Waals surface area contributed by atoms with E-state index in [1.807, 2.05) is 6.92 Å². The number of carbonyl (C=O) groups excluding carboxylic acids is 1. The fraction of sp³-hybridized carbons (Fsp3) is 0.214. The third-order valence-corrected chi connectivity index (χ3v) is 5.29. The van der Waals surface area contributed by atoms with Crippen LogP contribution < -0.4 is 15.2 Å². The Bertz CT molecular complexity index is 751. The van der Waals surface area contributed by atoms with Crippen molar-refractivity contribution in [1.82, 2.24) is 5.32 Å². The second-order valence-corrected chi connectivity index (χ2v) is 7.36. The molecule has 1 amide bonds. The van der Waals surface area contributed by atoms with Crippen molar-refractivity contribution in [1.29, 1.82) is 0 Å². The van der Waals surface area contributed by atoms with Crippen molar-refractivity contribution in [2.24, 2.45) is 5.14 Å². The van der Waals surface area contributed by atoms with Crippen LogP contribution in [0, 0.1) is 0 Å². The molecule has 0 saturated carbocycles. The number of hydrogen-bond donors (Lipinski definition) is 2. The molecule has 22 heavy (non-hydrogen) atoms. The predicted octanol–water partition coefficient (Wildman–Crippen LogP) is 1.72. The molecule has 1 aromatic carbocycles. The summed E-state index contributed by atoms with van der Waals surface area (Å²) in [6.07, 6.45) is 0. The Morgan fingerprint density at radius 1 is 1.23 bits per heavy atom. The van der Waals surface area contributed by atoms with Crippen molar-refractivity contribution in [2.45, 2.75) is 17.7 Å². The summed E-state index contributed by atoms with van der Waals surface area (Å²) in [5, 5.41) is 7.77. The SMILES string of the molecule is CCOc1ccc(C(=O)NCc2ccc(S(N)(=O)=O)s2)cc1. The Balaban J connectivity index is 1.96. The molecule has 6 nitrogen and oxygen atoms in total. The minimum absolute atomic E-state index is 0.0813. The van der Waals surface area contributed by atoms with Gasteiger partial charge in [0.05, 0.1) is 13.2 Å². The van der Waals surface area contributed by atoms with Gasteiger partial charge in [-0.15, -0.1) is 11.3 Å². The topological polar surface area (TPSA) is 98.5 Å². The summed E-state index contributed by atoms with van der Waals surface area (Å²) in [6.45, 7) is 2.69. The Morgan fingerprint density at radius 3 is 2.45 bits per heavy atom. The lowest BCUT2D eigenvalue weighted by Crippen LogP contribution is -2.22. The smallest absolute Gasteiger partial charge is 0.251 e. The summed E-state index contributed by atoms with van der Waals surface area (Å²) in [5.41, 5.74) is 0.506. The molecule has 0 radical (unpaired) electrons. The van der Waals surface area contributed by atoms with Gasteiger partial charge in [-0.1, -0.05) is 0 Å². The van der Waals surface area contributed by atoms with Gasteiger partial charge in [-0.2, -0.15) is 0 Å². The van der Waals surface area contributed by atoms with Gasteiger partial charge in [0, 0.05) is 10.4 Å². The van der Waals surface area contributed by atoms with Crippen molar-refractivity contribution in [3.8, 4) is 5.75 Å². The molecule has 0 bridgehead atoms. The molecule has 0 aliphatic heterocycles. The maximum atomic E-state index is 12.0. The molecule has 3 N–H and O–H groups in total. The first-order chi connectivity index (χ1) is 10.4. The molecule has 0 saturated heterocycles. The maximum absolute atomic E-state index is 12.0. The first kappa shape index (κ1) is 16.5.